The van der Waals surface area contributed by atoms with E-state index in [0.717, 1.165) is 5.82 Å². The molecule has 2 aromatic rings. The van der Waals surface area contributed by atoms with Crippen molar-refractivity contribution in [3.63, 3.8) is 0 Å². The van der Waals surface area contributed by atoms with Crippen LogP contribution in [0, 0.1) is 6.92 Å². The lowest BCUT2D eigenvalue weighted by atomic mass is 10.1. The molecule has 5 heteroatoms. The Morgan fingerprint density at radius 3 is 2.85 bits per heavy atom. The Morgan fingerprint density at radius 1 is 1.45 bits per heavy atom. The van der Waals surface area contributed by atoms with Crippen molar-refractivity contribution >= 4 is 5.78 Å². The maximum absolute atomic E-state index is 11.5. The van der Waals surface area contributed by atoms with Gasteiger partial charge in [0.2, 0.25) is 0 Å². The Labute approximate surface area is 117 Å². The lowest BCUT2D eigenvalue weighted by Gasteiger charge is -2.15. The van der Waals surface area contributed by atoms with Crippen LogP contribution in [0.25, 0.3) is 0 Å². The topological polar surface area (TPSA) is 64.3 Å². The number of Topliss-reactive ketones (excluding diaryl/α,β-unsaturated/α-hetero) is 1. The monoisotopic (exact) mass is 274 g/mol. The van der Waals surface area contributed by atoms with Crippen LogP contribution in [-0.4, -0.2) is 33.2 Å². The minimum Gasteiger partial charge on any atom is -0.490 e. The van der Waals surface area contributed by atoms with E-state index in [1.807, 2.05) is 17.7 Å². The molecule has 0 aliphatic carbocycles. The smallest absolute Gasteiger partial charge is 0.163 e. The molecule has 0 saturated heterocycles. The number of aryl methyl sites for hydroxylation is 1. The van der Waals surface area contributed by atoms with Gasteiger partial charge < -0.3 is 14.4 Å². The van der Waals surface area contributed by atoms with E-state index >= 15 is 0 Å². The molecule has 5 nitrogen and oxygen atoms in total. The number of ether oxygens (including phenoxy) is 1. The summed E-state index contributed by atoms with van der Waals surface area (Å²) in [7, 11) is 0. The fraction of sp³-hybridized carbons (Fsp3) is 0.333. The average Bonchev–Trinajstić information content (AvgIpc) is 2.82. The summed E-state index contributed by atoms with van der Waals surface area (Å²) in [6, 6.07) is 7.03. The molecule has 0 saturated carbocycles. The number of benzene rings is 1. The van der Waals surface area contributed by atoms with Crippen LogP contribution in [0.1, 0.15) is 23.1 Å². The minimum absolute atomic E-state index is 0.0551. The van der Waals surface area contributed by atoms with Crippen molar-refractivity contribution in [2.24, 2.45) is 0 Å². The molecule has 2 rings (SSSR count). The van der Waals surface area contributed by atoms with Gasteiger partial charge in [0.15, 0.2) is 5.78 Å². The Hall–Kier alpha value is -2.14. The quantitative estimate of drug-likeness (QED) is 0.816. The molecule has 1 N–H and O–H groups in total. The van der Waals surface area contributed by atoms with Crippen LogP contribution in [0.5, 0.6) is 5.75 Å². The third-order valence-corrected chi connectivity index (χ3v) is 3.03. The maximum Gasteiger partial charge on any atom is 0.163 e. The van der Waals surface area contributed by atoms with Gasteiger partial charge in [-0.25, -0.2) is 4.98 Å². The summed E-state index contributed by atoms with van der Waals surface area (Å²) in [5, 5.41) is 9.98. The van der Waals surface area contributed by atoms with Crippen molar-refractivity contribution in [3.8, 4) is 5.75 Å². The number of nitrogens with zero attached hydrogens (tertiary/aromatic N) is 2. The van der Waals surface area contributed by atoms with E-state index in [9.17, 15) is 9.90 Å². The summed E-state index contributed by atoms with van der Waals surface area (Å²) in [5.74, 6) is 1.29. The van der Waals surface area contributed by atoms with Crippen LogP contribution in [-0.2, 0) is 6.54 Å². The molecule has 1 heterocycles. The maximum atomic E-state index is 11.5. The third kappa shape index (κ3) is 3.45. The molecule has 1 aromatic carbocycles. The minimum atomic E-state index is -0.664. The summed E-state index contributed by atoms with van der Waals surface area (Å²) in [4.78, 5) is 15.5. The van der Waals surface area contributed by atoms with Crippen molar-refractivity contribution in [2.45, 2.75) is 26.5 Å². The molecule has 0 aliphatic rings. The molecule has 1 aromatic heterocycles. The second-order valence-corrected chi connectivity index (χ2v) is 4.64. The average molecular weight is 274 g/mol. The SMILES string of the molecule is CC(=O)c1ccccc1OCC(O)Cn1ccnc1C. The van der Waals surface area contributed by atoms with E-state index < -0.39 is 6.10 Å². The summed E-state index contributed by atoms with van der Waals surface area (Å²) in [5.41, 5.74) is 0.526. The molecule has 0 bridgehead atoms. The molecule has 1 unspecified atom stereocenters. The van der Waals surface area contributed by atoms with Gasteiger partial charge in [0.1, 0.15) is 24.3 Å². The first-order chi connectivity index (χ1) is 9.58. The Morgan fingerprint density at radius 2 is 2.20 bits per heavy atom. The first kappa shape index (κ1) is 14.3. The standard InChI is InChI=1S/C15H18N2O3/c1-11(18)14-5-3-4-6-15(14)20-10-13(19)9-17-8-7-16-12(17)2/h3-8,13,19H,9-10H2,1-2H3. The molecular formula is C15H18N2O3. The Kier molecular flexibility index (Phi) is 4.53. The second kappa shape index (κ2) is 6.34. The van der Waals surface area contributed by atoms with Gasteiger partial charge in [-0.2, -0.15) is 0 Å². The third-order valence-electron chi connectivity index (χ3n) is 3.03. The first-order valence-electron chi connectivity index (χ1n) is 6.46. The van der Waals surface area contributed by atoms with Gasteiger partial charge in [-0.1, -0.05) is 12.1 Å². The van der Waals surface area contributed by atoms with Gasteiger partial charge in [-0.05, 0) is 26.0 Å². The van der Waals surface area contributed by atoms with Crippen LogP contribution in [0.15, 0.2) is 36.7 Å². The highest BCUT2D eigenvalue weighted by Gasteiger charge is 2.11. The summed E-state index contributed by atoms with van der Waals surface area (Å²) >= 11 is 0. The van der Waals surface area contributed by atoms with Gasteiger partial charge in [0.25, 0.3) is 0 Å². The largest absolute Gasteiger partial charge is 0.490 e. The lowest BCUT2D eigenvalue weighted by Crippen LogP contribution is -2.24. The number of carbonyl (C=O) groups is 1. The van der Waals surface area contributed by atoms with Gasteiger partial charge in [0, 0.05) is 12.4 Å². The fourth-order valence-corrected chi connectivity index (χ4v) is 1.95. The van der Waals surface area contributed by atoms with E-state index in [-0.39, 0.29) is 12.4 Å². The number of hydrogen-bond donors (Lipinski definition) is 1. The van der Waals surface area contributed by atoms with Crippen LogP contribution >= 0.6 is 0 Å². The number of aliphatic hydroxyl groups is 1. The van der Waals surface area contributed by atoms with Crippen molar-refractivity contribution in [1.82, 2.24) is 9.55 Å². The van der Waals surface area contributed by atoms with Crippen LogP contribution < -0.4 is 4.74 Å². The number of rotatable bonds is 6. The predicted molar refractivity (Wildman–Crippen MR) is 74.9 cm³/mol. The van der Waals surface area contributed by atoms with Gasteiger partial charge in [0.05, 0.1) is 12.1 Å². The summed E-state index contributed by atoms with van der Waals surface area (Å²) in [6.45, 7) is 3.90. The number of ketones is 1. The first-order valence-corrected chi connectivity index (χ1v) is 6.46. The zero-order chi connectivity index (χ0) is 14.5. The van der Waals surface area contributed by atoms with Gasteiger partial charge in [-0.15, -0.1) is 0 Å². The number of aliphatic hydroxyl groups excluding tert-OH is 1. The normalized spacial score (nSPS) is 12.2. The number of imidazole rings is 1. The van der Waals surface area contributed by atoms with E-state index in [0.29, 0.717) is 17.9 Å². The summed E-state index contributed by atoms with van der Waals surface area (Å²) < 4.78 is 7.40. The van der Waals surface area contributed by atoms with Gasteiger partial charge >= 0.3 is 0 Å². The van der Waals surface area contributed by atoms with Crippen molar-refractivity contribution < 1.29 is 14.6 Å². The Balaban J connectivity index is 1.95. The van der Waals surface area contributed by atoms with Crippen molar-refractivity contribution in [2.75, 3.05) is 6.61 Å². The highest BCUT2D eigenvalue weighted by Crippen LogP contribution is 2.18. The van der Waals surface area contributed by atoms with Crippen LogP contribution in [0.2, 0.25) is 0 Å². The zero-order valence-electron chi connectivity index (χ0n) is 11.6. The second-order valence-electron chi connectivity index (χ2n) is 4.64. The molecule has 20 heavy (non-hydrogen) atoms. The Bertz CT molecular complexity index is 592. The fourth-order valence-electron chi connectivity index (χ4n) is 1.95. The lowest BCUT2D eigenvalue weighted by molar-refractivity contribution is 0.0892. The van der Waals surface area contributed by atoms with Gasteiger partial charge in [-0.3, -0.25) is 4.79 Å². The number of para-hydroxylation sites is 1. The van der Waals surface area contributed by atoms with E-state index in [4.69, 9.17) is 4.74 Å². The number of aromatic nitrogens is 2. The molecule has 0 fully saturated rings. The molecule has 0 radical (unpaired) electrons. The highest BCUT2D eigenvalue weighted by molar-refractivity contribution is 5.96. The van der Waals surface area contributed by atoms with Crippen molar-refractivity contribution in [1.29, 1.82) is 0 Å². The number of hydrogen-bond acceptors (Lipinski definition) is 4. The van der Waals surface area contributed by atoms with E-state index in [1.54, 1.807) is 30.5 Å². The molecule has 0 amide bonds. The highest BCUT2D eigenvalue weighted by atomic mass is 16.5. The van der Waals surface area contributed by atoms with Crippen molar-refractivity contribution in [3.05, 3.63) is 48.0 Å². The molecule has 0 aliphatic heterocycles. The molecular weight excluding hydrogens is 256 g/mol. The molecule has 1 atom stereocenters. The number of carbonyl (C=O) groups excluding carboxylic acids is 1. The predicted octanol–water partition coefficient (Wildman–Crippen LogP) is 1.83. The summed E-state index contributed by atoms with van der Waals surface area (Å²) in [6.07, 6.45) is 2.83. The van der Waals surface area contributed by atoms with Crippen LogP contribution in [0.3, 0.4) is 0 Å². The zero-order valence-corrected chi connectivity index (χ0v) is 11.6. The molecule has 106 valence electrons. The molecule has 0 spiro atoms. The van der Waals surface area contributed by atoms with Crippen LogP contribution in [0.4, 0.5) is 0 Å². The van der Waals surface area contributed by atoms with E-state index in [2.05, 4.69) is 4.98 Å². The van der Waals surface area contributed by atoms with E-state index in [1.165, 1.54) is 6.92 Å².